The van der Waals surface area contributed by atoms with Crippen LogP contribution in [0.2, 0.25) is 0 Å². The van der Waals surface area contributed by atoms with Gasteiger partial charge in [-0.1, -0.05) is 0 Å². The molecule has 112 valence electrons. The number of hydrogen-bond acceptors (Lipinski definition) is 4. The highest BCUT2D eigenvalue weighted by molar-refractivity contribution is 7.90. The van der Waals surface area contributed by atoms with Crippen molar-refractivity contribution in [3.8, 4) is 0 Å². The quantitative estimate of drug-likeness (QED) is 0.808. The first-order valence-electron chi connectivity index (χ1n) is 6.35. The van der Waals surface area contributed by atoms with Gasteiger partial charge in [0, 0.05) is 19.3 Å². The molecule has 0 aliphatic rings. The summed E-state index contributed by atoms with van der Waals surface area (Å²) in [6.45, 7) is 5.56. The largest absolute Gasteiger partial charge is 0.308 e. The van der Waals surface area contributed by atoms with Gasteiger partial charge in [-0.2, -0.15) is 5.10 Å². The standard InChI is InChI=1S/C12H19ClN4O2S/c1-7(6-20(5,18)19)17-11(8(2)13)14-10-9(3)15-16(4)12(10)17/h7-8H,6H2,1-5H3. The lowest BCUT2D eigenvalue weighted by atomic mass is 10.3. The van der Waals surface area contributed by atoms with Crippen molar-refractivity contribution in [3.63, 3.8) is 0 Å². The molecule has 0 amide bonds. The second-order valence-electron chi connectivity index (χ2n) is 5.28. The second-order valence-corrected chi connectivity index (χ2v) is 8.12. The Labute approximate surface area is 123 Å². The summed E-state index contributed by atoms with van der Waals surface area (Å²) in [5.41, 5.74) is 2.39. The molecule has 0 radical (unpaired) electrons. The van der Waals surface area contributed by atoms with E-state index in [9.17, 15) is 8.42 Å². The maximum atomic E-state index is 11.6. The molecule has 6 nitrogen and oxygen atoms in total. The minimum atomic E-state index is -3.09. The molecule has 8 heteroatoms. The van der Waals surface area contributed by atoms with E-state index in [2.05, 4.69) is 10.1 Å². The Morgan fingerprint density at radius 1 is 1.35 bits per heavy atom. The molecule has 0 aromatic carbocycles. The fourth-order valence-corrected chi connectivity index (χ4v) is 3.72. The molecule has 0 bridgehead atoms. The van der Waals surface area contributed by atoms with Gasteiger partial charge >= 0.3 is 0 Å². The average Bonchev–Trinajstić information content (AvgIpc) is 2.76. The Bertz CT molecular complexity index is 745. The summed E-state index contributed by atoms with van der Waals surface area (Å²) < 4.78 is 26.7. The van der Waals surface area contributed by atoms with Crippen molar-refractivity contribution < 1.29 is 8.42 Å². The summed E-state index contributed by atoms with van der Waals surface area (Å²) in [7, 11) is -1.27. The van der Waals surface area contributed by atoms with Crippen LogP contribution >= 0.6 is 11.6 Å². The molecule has 2 heterocycles. The second kappa shape index (κ2) is 5.04. The van der Waals surface area contributed by atoms with Gasteiger partial charge in [-0.05, 0) is 20.8 Å². The highest BCUT2D eigenvalue weighted by atomic mass is 35.5. The zero-order valence-corrected chi connectivity index (χ0v) is 13.8. The van der Waals surface area contributed by atoms with E-state index in [-0.39, 0.29) is 17.2 Å². The number of imidazole rings is 1. The number of aryl methyl sites for hydroxylation is 2. The first kappa shape index (κ1) is 15.3. The van der Waals surface area contributed by atoms with Gasteiger partial charge < -0.3 is 4.57 Å². The smallest absolute Gasteiger partial charge is 0.158 e. The van der Waals surface area contributed by atoms with Crippen LogP contribution in [-0.4, -0.2) is 39.8 Å². The first-order valence-corrected chi connectivity index (χ1v) is 8.84. The van der Waals surface area contributed by atoms with E-state index in [1.807, 2.05) is 32.4 Å². The Kier molecular flexibility index (Phi) is 3.85. The third-order valence-corrected chi connectivity index (χ3v) is 4.49. The van der Waals surface area contributed by atoms with E-state index in [1.165, 1.54) is 6.26 Å². The molecule has 2 aromatic heterocycles. The van der Waals surface area contributed by atoms with Crippen LogP contribution in [0.5, 0.6) is 0 Å². The molecule has 20 heavy (non-hydrogen) atoms. The van der Waals surface area contributed by atoms with E-state index in [1.54, 1.807) is 4.68 Å². The third kappa shape index (κ3) is 2.69. The van der Waals surface area contributed by atoms with Crippen LogP contribution in [0, 0.1) is 6.92 Å². The maximum absolute atomic E-state index is 11.6. The highest BCUT2D eigenvalue weighted by Gasteiger charge is 2.25. The molecule has 0 saturated heterocycles. The maximum Gasteiger partial charge on any atom is 0.158 e. The Balaban J connectivity index is 2.68. The number of sulfone groups is 1. The van der Waals surface area contributed by atoms with Crippen LogP contribution in [0.3, 0.4) is 0 Å². The lowest BCUT2D eigenvalue weighted by Gasteiger charge is -2.17. The first-order chi connectivity index (χ1) is 9.11. The Morgan fingerprint density at radius 2 is 1.95 bits per heavy atom. The molecular formula is C12H19ClN4O2S. The topological polar surface area (TPSA) is 69.8 Å². The number of nitrogens with zero attached hydrogens (tertiary/aromatic N) is 4. The number of aromatic nitrogens is 4. The van der Waals surface area contributed by atoms with Gasteiger partial charge in [-0.25, -0.2) is 13.4 Å². The molecule has 2 unspecified atom stereocenters. The predicted octanol–water partition coefficient (Wildman–Crippen LogP) is 1.98. The van der Waals surface area contributed by atoms with Crippen molar-refractivity contribution in [1.29, 1.82) is 0 Å². The van der Waals surface area contributed by atoms with Gasteiger partial charge in [-0.15, -0.1) is 11.6 Å². The zero-order valence-electron chi connectivity index (χ0n) is 12.3. The van der Waals surface area contributed by atoms with Gasteiger partial charge in [0.1, 0.15) is 21.2 Å². The van der Waals surface area contributed by atoms with Gasteiger partial charge in [0.2, 0.25) is 0 Å². The van der Waals surface area contributed by atoms with Crippen LogP contribution in [0.1, 0.15) is 36.8 Å². The molecule has 2 rings (SSSR count). The third-order valence-electron chi connectivity index (χ3n) is 3.20. The molecule has 0 aliphatic carbocycles. The SMILES string of the molecule is Cc1nn(C)c2c1nc(C(C)Cl)n2C(C)CS(C)(=O)=O. The molecule has 0 fully saturated rings. The number of hydrogen-bond donors (Lipinski definition) is 0. The Hall–Kier alpha value is -1.08. The van der Waals surface area contributed by atoms with Crippen LogP contribution in [0.25, 0.3) is 11.2 Å². The van der Waals surface area contributed by atoms with Crippen molar-refractivity contribution in [2.24, 2.45) is 7.05 Å². The predicted molar refractivity (Wildman–Crippen MR) is 79.9 cm³/mol. The zero-order chi connectivity index (χ0) is 15.2. The van der Waals surface area contributed by atoms with Crippen molar-refractivity contribution in [2.45, 2.75) is 32.2 Å². The van der Waals surface area contributed by atoms with Gasteiger partial charge in [0.05, 0.1) is 16.8 Å². The average molecular weight is 319 g/mol. The van der Waals surface area contributed by atoms with E-state index in [0.29, 0.717) is 5.82 Å². The summed E-state index contributed by atoms with van der Waals surface area (Å²) in [6.07, 6.45) is 1.23. The molecular weight excluding hydrogens is 300 g/mol. The van der Waals surface area contributed by atoms with E-state index < -0.39 is 9.84 Å². The number of alkyl halides is 1. The fourth-order valence-electron chi connectivity index (χ4n) is 2.54. The van der Waals surface area contributed by atoms with Crippen LogP contribution in [-0.2, 0) is 16.9 Å². The minimum absolute atomic E-state index is 0.0410. The molecule has 0 saturated carbocycles. The van der Waals surface area contributed by atoms with Crippen molar-refractivity contribution in [1.82, 2.24) is 19.3 Å². The molecule has 2 aromatic rings. The van der Waals surface area contributed by atoms with Gasteiger partial charge in [-0.3, -0.25) is 4.68 Å². The van der Waals surface area contributed by atoms with Crippen LogP contribution < -0.4 is 0 Å². The summed E-state index contributed by atoms with van der Waals surface area (Å²) in [5, 5.41) is 4.03. The van der Waals surface area contributed by atoms with Crippen molar-refractivity contribution in [2.75, 3.05) is 12.0 Å². The van der Waals surface area contributed by atoms with Crippen LogP contribution in [0.4, 0.5) is 0 Å². The van der Waals surface area contributed by atoms with Crippen LogP contribution in [0.15, 0.2) is 0 Å². The number of fused-ring (bicyclic) bond motifs is 1. The fraction of sp³-hybridized carbons (Fsp3) is 0.667. The van der Waals surface area contributed by atoms with Gasteiger partial charge in [0.25, 0.3) is 0 Å². The summed E-state index contributed by atoms with van der Waals surface area (Å²) >= 11 is 6.19. The van der Waals surface area contributed by atoms with E-state index >= 15 is 0 Å². The lowest BCUT2D eigenvalue weighted by molar-refractivity contribution is 0.545. The van der Waals surface area contributed by atoms with E-state index in [4.69, 9.17) is 11.6 Å². The van der Waals surface area contributed by atoms with Crippen molar-refractivity contribution in [3.05, 3.63) is 11.5 Å². The number of rotatable bonds is 4. The van der Waals surface area contributed by atoms with Gasteiger partial charge in [0.15, 0.2) is 5.65 Å². The number of halogens is 1. The summed E-state index contributed by atoms with van der Waals surface area (Å²) in [5.74, 6) is 0.716. The summed E-state index contributed by atoms with van der Waals surface area (Å²) in [4.78, 5) is 4.54. The summed E-state index contributed by atoms with van der Waals surface area (Å²) in [6, 6.07) is -0.249. The molecule has 2 atom stereocenters. The molecule has 0 N–H and O–H groups in total. The highest BCUT2D eigenvalue weighted by Crippen LogP contribution is 2.29. The van der Waals surface area contributed by atoms with Crippen molar-refractivity contribution >= 4 is 32.6 Å². The normalized spacial score (nSPS) is 15.7. The monoisotopic (exact) mass is 318 g/mol. The lowest BCUT2D eigenvalue weighted by Crippen LogP contribution is -2.20. The molecule has 0 aliphatic heterocycles. The molecule has 0 spiro atoms. The minimum Gasteiger partial charge on any atom is -0.308 e. The van der Waals surface area contributed by atoms with E-state index in [0.717, 1.165) is 16.9 Å². The Morgan fingerprint density at radius 3 is 2.45 bits per heavy atom.